The fourth-order valence-electron chi connectivity index (χ4n) is 2.48. The van der Waals surface area contributed by atoms with Crippen molar-refractivity contribution in [3.05, 3.63) is 83.8 Å². The molecule has 0 aliphatic heterocycles. The second-order valence-corrected chi connectivity index (χ2v) is 5.68. The van der Waals surface area contributed by atoms with E-state index in [0.717, 1.165) is 5.56 Å². The van der Waals surface area contributed by atoms with Gasteiger partial charge in [0.2, 0.25) is 0 Å². The monoisotopic (exact) mass is 343 g/mol. The van der Waals surface area contributed by atoms with E-state index in [4.69, 9.17) is 5.26 Å². The van der Waals surface area contributed by atoms with Crippen molar-refractivity contribution in [3.63, 3.8) is 0 Å². The fourth-order valence-corrected chi connectivity index (χ4v) is 2.48. The number of nitrogens with zero attached hydrogens (tertiary/aromatic N) is 3. The molecule has 0 saturated heterocycles. The highest BCUT2D eigenvalue weighted by atomic mass is 16.1. The zero-order chi connectivity index (χ0) is 18.4. The maximum absolute atomic E-state index is 12.5. The van der Waals surface area contributed by atoms with Gasteiger partial charge < -0.3 is 10.6 Å². The van der Waals surface area contributed by atoms with Crippen LogP contribution in [0.3, 0.4) is 0 Å². The van der Waals surface area contributed by atoms with E-state index in [2.05, 4.69) is 20.6 Å². The number of anilines is 2. The minimum absolute atomic E-state index is 0.0290. The van der Waals surface area contributed by atoms with E-state index in [0.29, 0.717) is 17.1 Å². The van der Waals surface area contributed by atoms with Gasteiger partial charge in [0.05, 0.1) is 11.3 Å². The SMILES string of the molecule is CC(Nc1cc(C(=O)Nc2ccccc2C#N)ncn1)c1ccccc1. The minimum atomic E-state index is -0.398. The van der Waals surface area contributed by atoms with Crippen LogP contribution in [0, 0.1) is 11.3 Å². The summed E-state index contributed by atoms with van der Waals surface area (Å²) in [6.45, 7) is 2.01. The van der Waals surface area contributed by atoms with Gasteiger partial charge in [-0.3, -0.25) is 4.79 Å². The second kappa shape index (κ2) is 7.90. The van der Waals surface area contributed by atoms with Crippen molar-refractivity contribution in [3.8, 4) is 6.07 Å². The molecule has 6 heteroatoms. The second-order valence-electron chi connectivity index (χ2n) is 5.68. The molecule has 1 amide bonds. The van der Waals surface area contributed by atoms with Gasteiger partial charge in [0.15, 0.2) is 0 Å². The average molecular weight is 343 g/mol. The van der Waals surface area contributed by atoms with Crippen molar-refractivity contribution >= 4 is 17.4 Å². The van der Waals surface area contributed by atoms with Gasteiger partial charge in [0.1, 0.15) is 23.9 Å². The van der Waals surface area contributed by atoms with Crippen LogP contribution in [0.2, 0.25) is 0 Å². The molecule has 3 rings (SSSR count). The summed E-state index contributed by atoms with van der Waals surface area (Å²) in [5, 5.41) is 15.1. The third kappa shape index (κ3) is 4.02. The first kappa shape index (κ1) is 17.1. The standard InChI is InChI=1S/C20H17N5O/c1-14(15-7-3-2-4-8-15)24-19-11-18(22-13-23-19)20(26)25-17-10-6-5-9-16(17)12-21/h2-11,13-14H,1H3,(H,25,26)(H,22,23,24). The molecule has 3 aromatic rings. The smallest absolute Gasteiger partial charge is 0.274 e. The van der Waals surface area contributed by atoms with E-state index in [1.54, 1.807) is 30.3 Å². The Morgan fingerprint density at radius 2 is 1.81 bits per heavy atom. The van der Waals surface area contributed by atoms with Crippen LogP contribution in [-0.2, 0) is 0 Å². The lowest BCUT2D eigenvalue weighted by molar-refractivity contribution is 0.102. The lowest BCUT2D eigenvalue weighted by Gasteiger charge is -2.15. The van der Waals surface area contributed by atoms with E-state index >= 15 is 0 Å². The molecular weight excluding hydrogens is 326 g/mol. The molecule has 0 fully saturated rings. The van der Waals surface area contributed by atoms with Crippen LogP contribution in [0.5, 0.6) is 0 Å². The Morgan fingerprint density at radius 3 is 2.58 bits per heavy atom. The summed E-state index contributed by atoms with van der Waals surface area (Å²) in [5.74, 6) is 0.153. The Labute approximate surface area is 151 Å². The van der Waals surface area contributed by atoms with E-state index in [1.807, 2.05) is 43.3 Å². The Hall–Kier alpha value is -3.72. The quantitative estimate of drug-likeness (QED) is 0.736. The highest BCUT2D eigenvalue weighted by molar-refractivity contribution is 6.03. The van der Waals surface area contributed by atoms with Crippen LogP contribution in [0.25, 0.3) is 0 Å². The molecule has 2 N–H and O–H groups in total. The summed E-state index contributed by atoms with van der Waals surface area (Å²) >= 11 is 0. The van der Waals surface area contributed by atoms with Gasteiger partial charge in [-0.25, -0.2) is 9.97 Å². The van der Waals surface area contributed by atoms with Gasteiger partial charge in [0.25, 0.3) is 5.91 Å². The van der Waals surface area contributed by atoms with Crippen LogP contribution in [0.15, 0.2) is 67.0 Å². The molecule has 2 aromatic carbocycles. The third-order valence-corrected chi connectivity index (χ3v) is 3.86. The van der Waals surface area contributed by atoms with E-state index in [1.165, 1.54) is 6.33 Å². The lowest BCUT2D eigenvalue weighted by Crippen LogP contribution is -2.16. The van der Waals surface area contributed by atoms with Crippen LogP contribution in [-0.4, -0.2) is 15.9 Å². The molecule has 1 atom stereocenters. The van der Waals surface area contributed by atoms with Crippen molar-refractivity contribution in [1.29, 1.82) is 5.26 Å². The number of amides is 1. The summed E-state index contributed by atoms with van der Waals surface area (Å²) in [6.07, 6.45) is 1.34. The minimum Gasteiger partial charge on any atom is -0.363 e. The first-order valence-electron chi connectivity index (χ1n) is 8.11. The largest absolute Gasteiger partial charge is 0.363 e. The normalized spacial score (nSPS) is 11.2. The fraction of sp³-hybridized carbons (Fsp3) is 0.100. The Kier molecular flexibility index (Phi) is 5.20. The van der Waals surface area contributed by atoms with E-state index < -0.39 is 5.91 Å². The maximum atomic E-state index is 12.5. The molecule has 1 aromatic heterocycles. The highest BCUT2D eigenvalue weighted by Gasteiger charge is 2.12. The molecular formula is C20H17N5O. The molecule has 0 saturated carbocycles. The first-order valence-corrected chi connectivity index (χ1v) is 8.11. The molecule has 0 spiro atoms. The van der Waals surface area contributed by atoms with Crippen LogP contribution >= 0.6 is 0 Å². The highest BCUT2D eigenvalue weighted by Crippen LogP contribution is 2.18. The van der Waals surface area contributed by atoms with Gasteiger partial charge in [-0.15, -0.1) is 0 Å². The first-order chi connectivity index (χ1) is 12.7. The zero-order valence-corrected chi connectivity index (χ0v) is 14.2. The maximum Gasteiger partial charge on any atom is 0.274 e. The molecule has 1 heterocycles. The Morgan fingerprint density at radius 1 is 1.08 bits per heavy atom. The van der Waals surface area contributed by atoms with Crippen molar-refractivity contribution < 1.29 is 4.79 Å². The molecule has 0 radical (unpaired) electrons. The number of hydrogen-bond acceptors (Lipinski definition) is 5. The number of benzene rings is 2. The molecule has 26 heavy (non-hydrogen) atoms. The molecule has 1 unspecified atom stereocenters. The number of aromatic nitrogens is 2. The van der Waals surface area contributed by atoms with Crippen LogP contribution < -0.4 is 10.6 Å². The number of nitriles is 1. The predicted octanol–water partition coefficient (Wildman–Crippen LogP) is 3.77. The Balaban J connectivity index is 1.74. The van der Waals surface area contributed by atoms with Crippen molar-refractivity contribution in [1.82, 2.24) is 9.97 Å². The summed E-state index contributed by atoms with van der Waals surface area (Å²) < 4.78 is 0. The Bertz CT molecular complexity index is 950. The van der Waals surface area contributed by atoms with Gasteiger partial charge in [-0.1, -0.05) is 42.5 Å². The predicted molar refractivity (Wildman–Crippen MR) is 99.6 cm³/mol. The average Bonchev–Trinajstić information content (AvgIpc) is 2.69. The molecule has 0 aliphatic carbocycles. The van der Waals surface area contributed by atoms with Crippen LogP contribution in [0.4, 0.5) is 11.5 Å². The van der Waals surface area contributed by atoms with Gasteiger partial charge in [0, 0.05) is 12.1 Å². The lowest BCUT2D eigenvalue weighted by atomic mass is 10.1. The van der Waals surface area contributed by atoms with Crippen LogP contribution in [0.1, 0.15) is 34.6 Å². The number of rotatable bonds is 5. The zero-order valence-electron chi connectivity index (χ0n) is 14.2. The van der Waals surface area contributed by atoms with E-state index in [-0.39, 0.29) is 11.7 Å². The van der Waals surface area contributed by atoms with Crippen molar-refractivity contribution in [2.75, 3.05) is 10.6 Å². The summed E-state index contributed by atoms with van der Waals surface area (Å²) in [7, 11) is 0. The number of carbonyl (C=O) groups is 1. The molecule has 0 aliphatic rings. The third-order valence-electron chi connectivity index (χ3n) is 3.86. The summed E-state index contributed by atoms with van der Waals surface area (Å²) in [6, 6.07) is 20.4. The summed E-state index contributed by atoms with van der Waals surface area (Å²) in [4.78, 5) is 20.7. The van der Waals surface area contributed by atoms with Gasteiger partial charge in [-0.05, 0) is 24.6 Å². The number of hydrogen-bond donors (Lipinski definition) is 2. The van der Waals surface area contributed by atoms with Crippen molar-refractivity contribution in [2.24, 2.45) is 0 Å². The molecule has 0 bridgehead atoms. The molecule has 128 valence electrons. The topological polar surface area (TPSA) is 90.7 Å². The van der Waals surface area contributed by atoms with Gasteiger partial charge in [-0.2, -0.15) is 5.26 Å². The number of para-hydroxylation sites is 1. The summed E-state index contributed by atoms with van der Waals surface area (Å²) in [5.41, 5.74) is 2.17. The van der Waals surface area contributed by atoms with Crippen molar-refractivity contribution in [2.45, 2.75) is 13.0 Å². The number of nitrogens with one attached hydrogen (secondary N) is 2. The van der Waals surface area contributed by atoms with E-state index in [9.17, 15) is 4.79 Å². The van der Waals surface area contributed by atoms with Gasteiger partial charge >= 0.3 is 0 Å². The molecule has 6 nitrogen and oxygen atoms in total. The number of carbonyl (C=O) groups excluding carboxylic acids is 1.